The first-order valence-electron chi connectivity index (χ1n) is 8.78. The Morgan fingerprint density at radius 1 is 1.21 bits per heavy atom. The van der Waals surface area contributed by atoms with E-state index in [9.17, 15) is 9.59 Å². The second-order valence-electron chi connectivity index (χ2n) is 6.42. The molecule has 1 aromatic rings. The second kappa shape index (κ2) is 7.65. The van der Waals surface area contributed by atoms with Gasteiger partial charge in [-0.3, -0.25) is 9.89 Å². The number of amides is 3. The van der Waals surface area contributed by atoms with Crippen LogP contribution in [0.1, 0.15) is 43.9 Å². The zero-order valence-corrected chi connectivity index (χ0v) is 14.2. The van der Waals surface area contributed by atoms with Crippen LogP contribution >= 0.6 is 0 Å². The summed E-state index contributed by atoms with van der Waals surface area (Å²) >= 11 is 0. The summed E-state index contributed by atoms with van der Waals surface area (Å²) in [4.78, 5) is 28.1. The van der Waals surface area contributed by atoms with Crippen molar-refractivity contribution in [2.45, 2.75) is 45.7 Å². The molecule has 3 heterocycles. The van der Waals surface area contributed by atoms with Gasteiger partial charge < -0.3 is 20.4 Å². The van der Waals surface area contributed by atoms with Gasteiger partial charge in [0.15, 0.2) is 0 Å². The third-order valence-electron chi connectivity index (χ3n) is 4.63. The number of carbonyl (C=O) groups is 2. The van der Waals surface area contributed by atoms with Gasteiger partial charge in [-0.1, -0.05) is 6.42 Å². The highest BCUT2D eigenvalue weighted by molar-refractivity contribution is 5.91. The lowest BCUT2D eigenvalue weighted by molar-refractivity contribution is -0.116. The molecule has 2 aliphatic rings. The topological polar surface area (TPSA) is 93.4 Å². The number of fused-ring (bicyclic) bond motifs is 1. The van der Waals surface area contributed by atoms with Crippen molar-refractivity contribution in [2.24, 2.45) is 0 Å². The van der Waals surface area contributed by atoms with E-state index in [1.54, 1.807) is 4.90 Å². The van der Waals surface area contributed by atoms with Gasteiger partial charge in [-0.15, -0.1) is 0 Å². The Morgan fingerprint density at radius 2 is 2.00 bits per heavy atom. The van der Waals surface area contributed by atoms with Gasteiger partial charge >= 0.3 is 6.03 Å². The molecule has 1 saturated heterocycles. The third kappa shape index (κ3) is 3.87. The van der Waals surface area contributed by atoms with Gasteiger partial charge in [0.2, 0.25) is 5.91 Å². The van der Waals surface area contributed by atoms with Crippen LogP contribution in [0.15, 0.2) is 0 Å². The van der Waals surface area contributed by atoms with Gasteiger partial charge in [-0.25, -0.2) is 4.79 Å². The summed E-state index contributed by atoms with van der Waals surface area (Å²) < 4.78 is 0. The van der Waals surface area contributed by atoms with Gasteiger partial charge in [0, 0.05) is 25.1 Å². The highest BCUT2D eigenvalue weighted by Gasteiger charge is 2.28. The predicted octanol–water partition coefficient (Wildman–Crippen LogP) is 1.27. The lowest BCUT2D eigenvalue weighted by Crippen LogP contribution is -2.36. The summed E-state index contributed by atoms with van der Waals surface area (Å²) in [6.45, 7) is 6.41. The number of carbonyl (C=O) groups excluding carboxylic acids is 2. The fourth-order valence-corrected chi connectivity index (χ4v) is 3.29. The number of nitrogens with one attached hydrogen (secondary N) is 3. The van der Waals surface area contributed by atoms with Crippen molar-refractivity contribution >= 4 is 17.8 Å². The highest BCUT2D eigenvalue weighted by atomic mass is 16.2. The minimum absolute atomic E-state index is 0.0107. The number of hydrogen-bond acceptors (Lipinski definition) is 4. The van der Waals surface area contributed by atoms with Crippen LogP contribution in [-0.4, -0.2) is 58.1 Å². The van der Waals surface area contributed by atoms with E-state index in [0.29, 0.717) is 31.9 Å². The zero-order chi connectivity index (χ0) is 16.9. The first-order valence-corrected chi connectivity index (χ1v) is 8.78. The molecule has 2 aliphatic heterocycles. The normalized spacial score (nSPS) is 17.6. The van der Waals surface area contributed by atoms with E-state index in [0.717, 1.165) is 30.9 Å². The Labute approximate surface area is 142 Å². The van der Waals surface area contributed by atoms with E-state index in [1.165, 1.54) is 19.3 Å². The van der Waals surface area contributed by atoms with Crippen LogP contribution in [0.2, 0.25) is 0 Å². The number of likely N-dealkylation sites (tertiary alicyclic amines) is 1. The summed E-state index contributed by atoms with van der Waals surface area (Å²) in [6.07, 6.45) is 4.23. The molecule has 1 aromatic heterocycles. The van der Waals surface area contributed by atoms with Crippen molar-refractivity contribution in [1.82, 2.24) is 25.3 Å². The minimum Gasteiger partial charge on any atom is -0.338 e. The predicted molar refractivity (Wildman–Crippen MR) is 90.4 cm³/mol. The lowest BCUT2D eigenvalue weighted by Gasteiger charge is -2.25. The monoisotopic (exact) mass is 334 g/mol. The van der Waals surface area contributed by atoms with E-state index >= 15 is 0 Å². The fourth-order valence-electron chi connectivity index (χ4n) is 3.29. The number of H-pyrrole nitrogens is 1. The van der Waals surface area contributed by atoms with Gasteiger partial charge in [0.05, 0.1) is 18.8 Å². The van der Waals surface area contributed by atoms with Gasteiger partial charge in [-0.05, 0) is 32.9 Å². The van der Waals surface area contributed by atoms with Gasteiger partial charge in [0.25, 0.3) is 0 Å². The van der Waals surface area contributed by atoms with Crippen LogP contribution in [0, 0.1) is 0 Å². The van der Waals surface area contributed by atoms with Crippen molar-refractivity contribution < 1.29 is 9.59 Å². The van der Waals surface area contributed by atoms with Gasteiger partial charge in [-0.2, -0.15) is 5.10 Å². The molecule has 0 radical (unpaired) electrons. The van der Waals surface area contributed by atoms with E-state index in [4.69, 9.17) is 0 Å². The summed E-state index contributed by atoms with van der Waals surface area (Å²) in [6, 6.07) is -0.0992. The maximum Gasteiger partial charge on any atom is 0.318 e. The Bertz CT molecular complexity index is 593. The van der Waals surface area contributed by atoms with Crippen LogP contribution < -0.4 is 10.6 Å². The van der Waals surface area contributed by atoms with Crippen molar-refractivity contribution in [3.05, 3.63) is 11.3 Å². The molecule has 0 saturated carbocycles. The quantitative estimate of drug-likeness (QED) is 0.756. The molecule has 8 heteroatoms. The lowest BCUT2D eigenvalue weighted by atomic mass is 10.1. The van der Waals surface area contributed by atoms with Crippen molar-refractivity contribution in [1.29, 1.82) is 0 Å². The number of urea groups is 1. The largest absolute Gasteiger partial charge is 0.338 e. The molecule has 1 fully saturated rings. The molecule has 0 spiro atoms. The highest BCUT2D eigenvalue weighted by Crippen LogP contribution is 2.27. The van der Waals surface area contributed by atoms with Crippen LogP contribution in [-0.2, 0) is 17.9 Å². The Balaban J connectivity index is 1.50. The number of anilines is 1. The van der Waals surface area contributed by atoms with Crippen molar-refractivity contribution in [3.63, 3.8) is 0 Å². The molecule has 24 heavy (non-hydrogen) atoms. The first-order chi connectivity index (χ1) is 11.7. The van der Waals surface area contributed by atoms with Gasteiger partial charge in [0.1, 0.15) is 5.82 Å². The third-order valence-corrected chi connectivity index (χ3v) is 4.63. The second-order valence-corrected chi connectivity index (χ2v) is 6.42. The fraction of sp³-hybridized carbons (Fsp3) is 0.688. The van der Waals surface area contributed by atoms with Crippen LogP contribution in [0.25, 0.3) is 0 Å². The van der Waals surface area contributed by atoms with Crippen molar-refractivity contribution in [3.8, 4) is 0 Å². The molecule has 0 unspecified atom stereocenters. The molecular formula is C16H26N6O2. The Kier molecular flexibility index (Phi) is 5.34. The van der Waals surface area contributed by atoms with Crippen LogP contribution in [0.5, 0.6) is 0 Å². The zero-order valence-electron chi connectivity index (χ0n) is 14.2. The van der Waals surface area contributed by atoms with Crippen LogP contribution in [0.4, 0.5) is 10.6 Å². The molecule has 3 N–H and O–H groups in total. The molecule has 8 nitrogen and oxygen atoms in total. The molecular weight excluding hydrogens is 308 g/mol. The molecule has 0 bridgehead atoms. The first kappa shape index (κ1) is 16.8. The van der Waals surface area contributed by atoms with E-state index in [1.807, 2.05) is 6.92 Å². The average molecular weight is 334 g/mol. The summed E-state index contributed by atoms with van der Waals surface area (Å²) in [5.41, 5.74) is 1.74. The number of aromatic nitrogens is 2. The maximum absolute atomic E-state index is 12.2. The molecule has 132 valence electrons. The number of aromatic amines is 1. The summed E-state index contributed by atoms with van der Waals surface area (Å²) in [5, 5.41) is 12.8. The summed E-state index contributed by atoms with van der Waals surface area (Å²) in [7, 11) is 0. The van der Waals surface area contributed by atoms with Crippen LogP contribution in [0.3, 0.4) is 0 Å². The SMILES string of the molecule is CCNC(=O)N1Cc2n[nH]c(NC(=O)CCN3CCCCC3)c2C1. The number of rotatable bonds is 5. The minimum atomic E-state index is -0.0992. The molecule has 3 amide bonds. The molecule has 0 aromatic carbocycles. The average Bonchev–Trinajstić information content (AvgIpc) is 3.16. The standard InChI is InChI=1S/C16H26N6O2/c1-2-17-16(24)22-10-12-13(11-22)19-20-15(12)18-14(23)6-9-21-7-4-3-5-8-21/h2-11H2,1H3,(H,17,24)(H2,18,19,20,23). The maximum atomic E-state index is 12.2. The smallest absolute Gasteiger partial charge is 0.318 e. The Hall–Kier alpha value is -2.09. The van der Waals surface area contributed by atoms with Crippen molar-refractivity contribution in [2.75, 3.05) is 31.5 Å². The van der Waals surface area contributed by atoms with E-state index in [2.05, 4.69) is 25.7 Å². The molecule has 0 aliphatic carbocycles. The Morgan fingerprint density at radius 3 is 2.75 bits per heavy atom. The summed E-state index contributed by atoms with van der Waals surface area (Å²) in [5.74, 6) is 0.615. The molecule has 0 atom stereocenters. The number of nitrogens with zero attached hydrogens (tertiary/aromatic N) is 3. The van der Waals surface area contributed by atoms with E-state index in [-0.39, 0.29) is 11.9 Å². The number of hydrogen-bond donors (Lipinski definition) is 3. The van der Waals surface area contributed by atoms with E-state index < -0.39 is 0 Å². The number of piperidine rings is 1. The molecule has 3 rings (SSSR count).